The number of nitrogens with one attached hydrogen (secondary N) is 2. The maximum Gasteiger partial charge on any atom is 0.104 e. The van der Waals surface area contributed by atoms with Gasteiger partial charge in [0.15, 0.2) is 0 Å². The van der Waals surface area contributed by atoms with E-state index >= 15 is 0 Å². The number of benzene rings is 7. The summed E-state index contributed by atoms with van der Waals surface area (Å²) in [6.45, 7) is 4.83. The van der Waals surface area contributed by atoms with Crippen LogP contribution in [0.5, 0.6) is 0 Å². The molecule has 1 aromatic heterocycles. The lowest BCUT2D eigenvalue weighted by molar-refractivity contribution is 0.512. The second-order valence-corrected chi connectivity index (χ2v) is 15.3. The Morgan fingerprint density at radius 1 is 0.560 bits per heavy atom. The molecule has 50 heavy (non-hydrogen) atoms. The predicted octanol–water partition coefficient (Wildman–Crippen LogP) is 12.5. The first kappa shape index (κ1) is 29.4. The monoisotopic (exact) mass is 660 g/mol. The van der Waals surface area contributed by atoms with Crippen molar-refractivity contribution in [1.29, 1.82) is 0 Å². The molecular formula is C47H36N2S. The molecule has 2 heterocycles. The van der Waals surface area contributed by atoms with Gasteiger partial charge in [-0.2, -0.15) is 0 Å². The van der Waals surface area contributed by atoms with Crippen molar-refractivity contribution in [2.24, 2.45) is 0 Å². The van der Waals surface area contributed by atoms with Crippen LogP contribution in [0, 0.1) is 0 Å². The Morgan fingerprint density at radius 2 is 1.26 bits per heavy atom. The zero-order valence-electron chi connectivity index (χ0n) is 28.1. The van der Waals surface area contributed by atoms with Crippen molar-refractivity contribution in [1.82, 2.24) is 5.32 Å². The third-order valence-corrected chi connectivity index (χ3v) is 12.2. The predicted molar refractivity (Wildman–Crippen MR) is 212 cm³/mol. The minimum Gasteiger partial charge on any atom is -0.365 e. The lowest BCUT2D eigenvalue weighted by Crippen LogP contribution is -2.36. The van der Waals surface area contributed by atoms with Crippen LogP contribution in [0.25, 0.3) is 54.2 Å². The van der Waals surface area contributed by atoms with Crippen LogP contribution in [-0.4, -0.2) is 0 Å². The molecule has 2 unspecified atom stereocenters. The van der Waals surface area contributed by atoms with E-state index in [-0.39, 0.29) is 17.6 Å². The summed E-state index contributed by atoms with van der Waals surface area (Å²) in [5.41, 5.74) is 14.1. The topological polar surface area (TPSA) is 24.1 Å². The summed E-state index contributed by atoms with van der Waals surface area (Å²) in [5.74, 6) is 0. The quantitative estimate of drug-likeness (QED) is 0.196. The highest BCUT2D eigenvalue weighted by atomic mass is 32.1. The van der Waals surface area contributed by atoms with Gasteiger partial charge in [0, 0.05) is 15.5 Å². The molecule has 0 saturated heterocycles. The lowest BCUT2D eigenvalue weighted by Gasteiger charge is -2.34. The van der Waals surface area contributed by atoms with Gasteiger partial charge >= 0.3 is 0 Å². The van der Waals surface area contributed by atoms with Crippen molar-refractivity contribution in [3.8, 4) is 33.4 Å². The fraction of sp³-hybridized carbons (Fsp3) is 0.106. The van der Waals surface area contributed by atoms with Gasteiger partial charge in [0.1, 0.15) is 6.17 Å². The van der Waals surface area contributed by atoms with E-state index in [1.807, 2.05) is 11.3 Å². The third kappa shape index (κ3) is 4.51. The Bertz CT molecular complexity index is 2580. The van der Waals surface area contributed by atoms with E-state index in [0.717, 1.165) is 0 Å². The molecular weight excluding hydrogens is 625 g/mol. The van der Waals surface area contributed by atoms with Crippen LogP contribution in [0.3, 0.4) is 0 Å². The summed E-state index contributed by atoms with van der Waals surface area (Å²) >= 11 is 1.89. The smallest absolute Gasteiger partial charge is 0.104 e. The van der Waals surface area contributed by atoms with Crippen LogP contribution >= 0.6 is 11.3 Å². The van der Waals surface area contributed by atoms with E-state index in [1.54, 1.807) is 0 Å². The summed E-state index contributed by atoms with van der Waals surface area (Å²) in [6, 6.07) is 58.1. The highest BCUT2D eigenvalue weighted by Crippen LogP contribution is 2.56. The fourth-order valence-corrected chi connectivity index (χ4v) is 9.79. The third-order valence-electron chi connectivity index (χ3n) is 10.9. The number of rotatable bonds is 4. The molecule has 0 fully saturated rings. The highest BCUT2D eigenvalue weighted by molar-refractivity contribution is 7.20. The van der Waals surface area contributed by atoms with Crippen molar-refractivity contribution >= 4 is 37.9 Å². The number of thiophene rings is 1. The minimum atomic E-state index is -0.193. The van der Waals surface area contributed by atoms with Crippen LogP contribution < -0.4 is 10.6 Å². The van der Waals surface area contributed by atoms with Crippen molar-refractivity contribution in [3.63, 3.8) is 0 Å². The van der Waals surface area contributed by atoms with Crippen LogP contribution in [0.2, 0.25) is 0 Å². The van der Waals surface area contributed by atoms with Crippen LogP contribution in [0.15, 0.2) is 158 Å². The summed E-state index contributed by atoms with van der Waals surface area (Å²) in [5, 5.41) is 11.9. The van der Waals surface area contributed by atoms with Crippen molar-refractivity contribution in [2.45, 2.75) is 31.5 Å². The minimum absolute atomic E-state index is 0.0470. The SMILES string of the molecule is CC1(C)c2cc(C3Nc4c(sc5ccccc45)C(c4ccccc4)N3)ccc2-c2c(-c3cccc(-c4ccccc4)c3)cc3ccccc3c21. The maximum absolute atomic E-state index is 4.03. The highest BCUT2D eigenvalue weighted by Gasteiger charge is 2.40. The van der Waals surface area contributed by atoms with E-state index < -0.39 is 0 Å². The number of hydrogen-bond acceptors (Lipinski definition) is 3. The summed E-state index contributed by atoms with van der Waals surface area (Å²) < 4.78 is 1.31. The average Bonchev–Trinajstić information content (AvgIpc) is 3.67. The Balaban J connectivity index is 1.13. The number of anilines is 1. The largest absolute Gasteiger partial charge is 0.365 e. The number of fused-ring (bicyclic) bond motifs is 8. The van der Waals surface area contributed by atoms with Crippen molar-refractivity contribution in [3.05, 3.63) is 185 Å². The van der Waals surface area contributed by atoms with Crippen molar-refractivity contribution < 1.29 is 0 Å². The second-order valence-electron chi connectivity index (χ2n) is 14.2. The van der Waals surface area contributed by atoms with Gasteiger partial charge in [-0.25, -0.2) is 0 Å². The second kappa shape index (κ2) is 11.3. The normalized spacial score (nSPS) is 17.2. The Labute approximate surface area is 297 Å². The Hall–Kier alpha value is -5.48. The van der Waals surface area contributed by atoms with E-state index in [4.69, 9.17) is 0 Å². The van der Waals surface area contributed by atoms with Gasteiger partial charge in [0.2, 0.25) is 0 Å². The summed E-state index contributed by atoms with van der Waals surface area (Å²) in [7, 11) is 0. The van der Waals surface area contributed by atoms with E-state index in [0.29, 0.717) is 0 Å². The first-order valence-electron chi connectivity index (χ1n) is 17.5. The molecule has 2 aliphatic rings. The van der Waals surface area contributed by atoms with Gasteiger partial charge in [-0.15, -0.1) is 11.3 Å². The lowest BCUT2D eigenvalue weighted by atomic mass is 9.78. The van der Waals surface area contributed by atoms with E-state index in [2.05, 4.69) is 182 Å². The first-order valence-corrected chi connectivity index (χ1v) is 18.3. The molecule has 2 N–H and O–H groups in total. The Kier molecular flexibility index (Phi) is 6.64. The molecule has 0 radical (unpaired) electrons. The molecule has 2 atom stereocenters. The Morgan fingerprint density at radius 3 is 2.10 bits per heavy atom. The molecule has 1 aliphatic carbocycles. The molecule has 2 nitrogen and oxygen atoms in total. The summed E-state index contributed by atoms with van der Waals surface area (Å²) in [6.07, 6.45) is -0.0470. The molecule has 1 aliphatic heterocycles. The zero-order valence-corrected chi connectivity index (χ0v) is 28.9. The standard InChI is InChI=1S/C47H36N2S/c1-47(2)39-28-34(46-48-43(30-16-7-4-8-17-30)45-44(49-46)37-22-11-12-23-40(37)50-45)24-25-36(39)41-38(27-33-18-9-10-21-35(33)42(41)47)32-20-13-19-31(26-32)29-14-5-3-6-15-29/h3-28,43,46,48-49H,1-2H3. The zero-order chi connectivity index (χ0) is 33.4. The molecule has 0 bridgehead atoms. The van der Waals surface area contributed by atoms with Crippen LogP contribution in [0.4, 0.5) is 5.69 Å². The van der Waals surface area contributed by atoms with E-state index in [9.17, 15) is 0 Å². The summed E-state index contributed by atoms with van der Waals surface area (Å²) in [4.78, 5) is 1.34. The van der Waals surface area contributed by atoms with Gasteiger partial charge in [0.05, 0.1) is 16.6 Å². The van der Waals surface area contributed by atoms with Crippen LogP contribution in [0.1, 0.15) is 53.2 Å². The van der Waals surface area contributed by atoms with Gasteiger partial charge in [0.25, 0.3) is 0 Å². The van der Waals surface area contributed by atoms with Crippen molar-refractivity contribution in [2.75, 3.05) is 5.32 Å². The molecule has 0 spiro atoms. The molecule has 240 valence electrons. The molecule has 8 aromatic rings. The van der Waals surface area contributed by atoms with E-state index in [1.165, 1.54) is 87.1 Å². The molecule has 0 saturated carbocycles. The molecule has 3 heteroatoms. The van der Waals surface area contributed by atoms with Crippen LogP contribution in [-0.2, 0) is 5.41 Å². The van der Waals surface area contributed by atoms with Gasteiger partial charge in [-0.3, -0.25) is 5.32 Å². The maximum atomic E-state index is 4.03. The van der Waals surface area contributed by atoms with Gasteiger partial charge in [-0.05, 0) is 84.6 Å². The first-order chi connectivity index (χ1) is 24.5. The molecule has 0 amide bonds. The fourth-order valence-electron chi connectivity index (χ4n) is 8.53. The molecule has 10 rings (SSSR count). The van der Waals surface area contributed by atoms with Gasteiger partial charge in [-0.1, -0.05) is 153 Å². The average molecular weight is 661 g/mol. The molecule has 7 aromatic carbocycles. The van der Waals surface area contributed by atoms with Gasteiger partial charge < -0.3 is 5.32 Å². The number of hydrogen-bond donors (Lipinski definition) is 2.